The molecule has 1 aliphatic heterocycles. The van der Waals surface area contributed by atoms with Gasteiger partial charge in [-0.15, -0.1) is 0 Å². The van der Waals surface area contributed by atoms with Gasteiger partial charge in [0, 0.05) is 18.7 Å². The highest BCUT2D eigenvalue weighted by Gasteiger charge is 2.17. The van der Waals surface area contributed by atoms with Crippen molar-refractivity contribution in [1.82, 2.24) is 4.90 Å². The zero-order valence-corrected chi connectivity index (χ0v) is 9.70. The SMILES string of the molecule is CCC1CCCN(CC=C(C)C(=O)O)C1. The predicted molar refractivity (Wildman–Crippen MR) is 60.8 cm³/mol. The van der Waals surface area contributed by atoms with Crippen LogP contribution in [0.2, 0.25) is 0 Å². The first-order valence-electron chi connectivity index (χ1n) is 5.76. The summed E-state index contributed by atoms with van der Waals surface area (Å²) in [6.45, 7) is 6.91. The highest BCUT2D eigenvalue weighted by molar-refractivity contribution is 5.85. The standard InChI is InChI=1S/C12H21NO2/c1-3-11-5-4-7-13(9-11)8-6-10(2)12(14)15/h6,11H,3-5,7-9H2,1-2H3,(H,14,15). The molecule has 15 heavy (non-hydrogen) atoms. The second kappa shape index (κ2) is 5.91. The minimum Gasteiger partial charge on any atom is -0.478 e. The number of aliphatic carboxylic acids is 1. The molecule has 1 saturated heterocycles. The molecule has 0 aromatic heterocycles. The third-order valence-electron chi connectivity index (χ3n) is 3.17. The lowest BCUT2D eigenvalue weighted by atomic mass is 9.96. The first-order valence-corrected chi connectivity index (χ1v) is 5.76. The van der Waals surface area contributed by atoms with Gasteiger partial charge in [-0.2, -0.15) is 0 Å². The Bertz CT molecular complexity index is 248. The molecule has 1 unspecified atom stereocenters. The third-order valence-corrected chi connectivity index (χ3v) is 3.17. The molecular formula is C12H21NO2. The number of carboxylic acid groups (broad SMARTS) is 1. The second-order valence-corrected chi connectivity index (χ2v) is 4.37. The Hall–Kier alpha value is -0.830. The van der Waals surface area contributed by atoms with E-state index in [9.17, 15) is 4.79 Å². The Kier molecular flexibility index (Phi) is 4.82. The number of hydrogen-bond donors (Lipinski definition) is 1. The average molecular weight is 211 g/mol. The van der Waals surface area contributed by atoms with Crippen molar-refractivity contribution in [3.63, 3.8) is 0 Å². The van der Waals surface area contributed by atoms with Crippen molar-refractivity contribution in [2.75, 3.05) is 19.6 Å². The minimum atomic E-state index is -0.806. The number of carbonyl (C=O) groups is 1. The summed E-state index contributed by atoms with van der Waals surface area (Å²) in [4.78, 5) is 13.0. The van der Waals surface area contributed by atoms with Crippen LogP contribution in [0.25, 0.3) is 0 Å². The first kappa shape index (κ1) is 12.2. The topological polar surface area (TPSA) is 40.5 Å². The summed E-state index contributed by atoms with van der Waals surface area (Å²) >= 11 is 0. The van der Waals surface area contributed by atoms with Gasteiger partial charge in [-0.3, -0.25) is 4.90 Å². The van der Waals surface area contributed by atoms with Crippen molar-refractivity contribution in [3.05, 3.63) is 11.6 Å². The maximum atomic E-state index is 10.6. The van der Waals surface area contributed by atoms with E-state index < -0.39 is 5.97 Å². The lowest BCUT2D eigenvalue weighted by Gasteiger charge is -2.31. The minimum absolute atomic E-state index is 0.452. The van der Waals surface area contributed by atoms with E-state index in [-0.39, 0.29) is 0 Å². The predicted octanol–water partition coefficient (Wildman–Crippen LogP) is 2.14. The molecule has 3 heteroatoms. The van der Waals surface area contributed by atoms with Crippen LogP contribution >= 0.6 is 0 Å². The van der Waals surface area contributed by atoms with Gasteiger partial charge in [0.2, 0.25) is 0 Å². The first-order chi connectivity index (χ1) is 7.13. The van der Waals surface area contributed by atoms with Crippen molar-refractivity contribution in [2.24, 2.45) is 5.92 Å². The largest absolute Gasteiger partial charge is 0.478 e. The molecule has 0 amide bonds. The van der Waals surface area contributed by atoms with Gasteiger partial charge in [0.15, 0.2) is 0 Å². The molecule has 0 bridgehead atoms. The summed E-state index contributed by atoms with van der Waals surface area (Å²) in [6.07, 6.45) is 5.63. The molecule has 1 aliphatic rings. The summed E-state index contributed by atoms with van der Waals surface area (Å²) in [7, 11) is 0. The molecule has 1 N–H and O–H groups in total. The fourth-order valence-electron chi connectivity index (χ4n) is 2.00. The Balaban J connectivity index is 2.38. The molecule has 0 aliphatic carbocycles. The highest BCUT2D eigenvalue weighted by Crippen LogP contribution is 2.18. The van der Waals surface area contributed by atoms with Gasteiger partial charge in [-0.25, -0.2) is 4.79 Å². The van der Waals surface area contributed by atoms with Gasteiger partial charge in [0.25, 0.3) is 0 Å². The molecule has 1 rings (SSSR count). The maximum Gasteiger partial charge on any atom is 0.330 e. The van der Waals surface area contributed by atoms with Crippen molar-refractivity contribution in [1.29, 1.82) is 0 Å². The van der Waals surface area contributed by atoms with E-state index >= 15 is 0 Å². The van der Waals surface area contributed by atoms with Gasteiger partial charge in [0.1, 0.15) is 0 Å². The molecule has 0 aromatic carbocycles. The molecule has 1 atom stereocenters. The van der Waals surface area contributed by atoms with Crippen LogP contribution < -0.4 is 0 Å². The molecule has 1 heterocycles. The summed E-state index contributed by atoms with van der Waals surface area (Å²) in [6, 6.07) is 0. The number of hydrogen-bond acceptors (Lipinski definition) is 2. The smallest absolute Gasteiger partial charge is 0.330 e. The molecular weight excluding hydrogens is 190 g/mol. The normalized spacial score (nSPS) is 24.1. The summed E-state index contributed by atoms with van der Waals surface area (Å²) in [5, 5.41) is 8.72. The zero-order chi connectivity index (χ0) is 11.3. The second-order valence-electron chi connectivity index (χ2n) is 4.37. The number of carboxylic acids is 1. The molecule has 0 saturated carbocycles. The molecule has 3 nitrogen and oxygen atoms in total. The lowest BCUT2D eigenvalue weighted by Crippen LogP contribution is -2.35. The van der Waals surface area contributed by atoms with Crippen LogP contribution in [0, 0.1) is 5.92 Å². The van der Waals surface area contributed by atoms with E-state index in [0.29, 0.717) is 5.57 Å². The summed E-state index contributed by atoms with van der Waals surface area (Å²) < 4.78 is 0. The van der Waals surface area contributed by atoms with Crippen molar-refractivity contribution >= 4 is 5.97 Å². The fraction of sp³-hybridized carbons (Fsp3) is 0.750. The maximum absolute atomic E-state index is 10.6. The number of rotatable bonds is 4. The van der Waals surface area contributed by atoms with Crippen LogP contribution in [0.15, 0.2) is 11.6 Å². The Labute approximate surface area is 91.8 Å². The molecule has 0 aromatic rings. The summed E-state index contributed by atoms with van der Waals surface area (Å²) in [5.74, 6) is -0.00339. The Morgan fingerprint density at radius 2 is 2.33 bits per heavy atom. The fourth-order valence-corrected chi connectivity index (χ4v) is 2.00. The van der Waals surface area contributed by atoms with E-state index in [1.165, 1.54) is 19.3 Å². The number of nitrogens with zero attached hydrogens (tertiary/aromatic N) is 1. The summed E-state index contributed by atoms with van der Waals surface area (Å²) in [5.41, 5.74) is 0.452. The quantitative estimate of drug-likeness (QED) is 0.724. The third kappa shape index (κ3) is 4.04. The van der Waals surface area contributed by atoms with Gasteiger partial charge < -0.3 is 5.11 Å². The van der Waals surface area contributed by atoms with Crippen molar-refractivity contribution in [3.8, 4) is 0 Å². The van der Waals surface area contributed by atoms with Gasteiger partial charge in [-0.05, 0) is 32.2 Å². The van der Waals surface area contributed by atoms with Crippen LogP contribution in [0.1, 0.15) is 33.1 Å². The Morgan fingerprint density at radius 3 is 2.93 bits per heavy atom. The molecule has 86 valence electrons. The van der Waals surface area contributed by atoms with E-state index in [0.717, 1.165) is 25.6 Å². The van der Waals surface area contributed by atoms with E-state index in [1.807, 2.05) is 6.08 Å². The van der Waals surface area contributed by atoms with E-state index in [2.05, 4.69) is 11.8 Å². The van der Waals surface area contributed by atoms with Crippen molar-refractivity contribution in [2.45, 2.75) is 33.1 Å². The monoisotopic (exact) mass is 211 g/mol. The number of likely N-dealkylation sites (tertiary alicyclic amines) is 1. The van der Waals surface area contributed by atoms with Crippen LogP contribution in [0.3, 0.4) is 0 Å². The van der Waals surface area contributed by atoms with Crippen LogP contribution in [-0.2, 0) is 4.79 Å². The zero-order valence-electron chi connectivity index (χ0n) is 9.70. The lowest BCUT2D eigenvalue weighted by molar-refractivity contribution is -0.132. The van der Waals surface area contributed by atoms with Crippen molar-refractivity contribution < 1.29 is 9.90 Å². The van der Waals surface area contributed by atoms with Gasteiger partial charge in [-0.1, -0.05) is 19.4 Å². The van der Waals surface area contributed by atoms with Crippen LogP contribution in [0.5, 0.6) is 0 Å². The van der Waals surface area contributed by atoms with E-state index in [1.54, 1.807) is 6.92 Å². The van der Waals surface area contributed by atoms with Crippen LogP contribution in [0.4, 0.5) is 0 Å². The molecule has 0 spiro atoms. The van der Waals surface area contributed by atoms with E-state index in [4.69, 9.17) is 5.11 Å². The van der Waals surface area contributed by atoms with Crippen LogP contribution in [-0.4, -0.2) is 35.6 Å². The van der Waals surface area contributed by atoms with Gasteiger partial charge in [0.05, 0.1) is 0 Å². The average Bonchev–Trinajstić information content (AvgIpc) is 2.26. The molecule has 1 fully saturated rings. The number of piperidine rings is 1. The molecule has 0 radical (unpaired) electrons. The highest BCUT2D eigenvalue weighted by atomic mass is 16.4. The Morgan fingerprint density at radius 1 is 1.60 bits per heavy atom. The van der Waals surface area contributed by atoms with Gasteiger partial charge >= 0.3 is 5.97 Å².